The molecule has 0 spiro atoms. The summed E-state index contributed by atoms with van der Waals surface area (Å²) >= 11 is 0. The Bertz CT molecular complexity index is 244. The van der Waals surface area contributed by atoms with Crippen LogP contribution in [-0.4, -0.2) is 24.2 Å². The zero-order valence-corrected chi connectivity index (χ0v) is 8.54. The molecule has 0 radical (unpaired) electrons. The number of guanidine groups is 1. The Hall–Kier alpha value is -1.59. The van der Waals surface area contributed by atoms with Gasteiger partial charge >= 0.3 is 11.9 Å². The van der Waals surface area contributed by atoms with Gasteiger partial charge in [-0.1, -0.05) is 0 Å². The molecule has 0 rings (SSSR count). The third-order valence-corrected chi connectivity index (χ3v) is 1.37. The zero-order chi connectivity index (χ0) is 11.0. The molecule has 0 aliphatic heterocycles. The first kappa shape index (κ1) is 12.4. The number of ether oxygens (including phenoxy) is 1. The van der Waals surface area contributed by atoms with Crippen LogP contribution >= 0.6 is 0 Å². The largest absolute Gasteiger partial charge is 0.466 e. The topological polar surface area (TPSA) is 105 Å². The van der Waals surface area contributed by atoms with Gasteiger partial charge in [-0.15, -0.1) is 5.10 Å². The number of hydrogen-bond donors (Lipinski definition) is 3. The van der Waals surface area contributed by atoms with Crippen molar-refractivity contribution in [3.63, 3.8) is 0 Å². The van der Waals surface area contributed by atoms with Crippen molar-refractivity contribution in [1.29, 1.82) is 0 Å². The fraction of sp³-hybridized carbons (Fsp3) is 0.625. The number of carbonyl (C=O) groups is 1. The third-order valence-electron chi connectivity index (χ3n) is 1.37. The molecule has 0 bridgehead atoms. The second-order valence-electron chi connectivity index (χ2n) is 2.72. The van der Waals surface area contributed by atoms with Crippen LogP contribution in [0.5, 0.6) is 0 Å². The van der Waals surface area contributed by atoms with E-state index in [1.165, 1.54) is 0 Å². The SMILES string of the molecule is CCOC(=O)CCC(C)=N[NH+]=C(N)N. The lowest BCUT2D eigenvalue weighted by atomic mass is 10.2. The Kier molecular flexibility index (Phi) is 6.09. The first-order valence-electron chi connectivity index (χ1n) is 4.39. The molecule has 0 aromatic carbocycles. The van der Waals surface area contributed by atoms with Gasteiger partial charge in [0.2, 0.25) is 0 Å². The number of rotatable bonds is 5. The van der Waals surface area contributed by atoms with Crippen molar-refractivity contribution in [2.24, 2.45) is 16.6 Å². The van der Waals surface area contributed by atoms with Gasteiger partial charge in [0, 0.05) is 0 Å². The Balaban J connectivity index is 3.84. The number of hydrogen-bond acceptors (Lipinski definition) is 3. The maximum absolute atomic E-state index is 10.9. The van der Waals surface area contributed by atoms with Gasteiger partial charge in [0.25, 0.3) is 0 Å². The van der Waals surface area contributed by atoms with Gasteiger partial charge in [-0.25, -0.2) is 0 Å². The molecule has 0 aromatic heterocycles. The first-order valence-corrected chi connectivity index (χ1v) is 4.39. The van der Waals surface area contributed by atoms with E-state index in [1.807, 2.05) is 0 Å². The predicted octanol–water partition coefficient (Wildman–Crippen LogP) is -1.94. The van der Waals surface area contributed by atoms with E-state index >= 15 is 0 Å². The van der Waals surface area contributed by atoms with E-state index < -0.39 is 0 Å². The van der Waals surface area contributed by atoms with Crippen LogP contribution in [0.1, 0.15) is 26.7 Å². The maximum atomic E-state index is 10.9. The molecule has 0 saturated heterocycles. The van der Waals surface area contributed by atoms with Gasteiger partial charge in [-0.05, 0) is 20.3 Å². The lowest BCUT2D eigenvalue weighted by Gasteiger charge is -1.99. The highest BCUT2D eigenvalue weighted by Crippen LogP contribution is 1.94. The molecule has 0 saturated carbocycles. The Morgan fingerprint density at radius 2 is 2.07 bits per heavy atom. The Morgan fingerprint density at radius 1 is 1.43 bits per heavy atom. The highest BCUT2D eigenvalue weighted by molar-refractivity contribution is 5.85. The number of hydrazone groups is 1. The monoisotopic (exact) mass is 201 g/mol. The highest BCUT2D eigenvalue weighted by atomic mass is 16.5. The summed E-state index contributed by atoms with van der Waals surface area (Å²) < 4.78 is 4.75. The minimum Gasteiger partial charge on any atom is -0.466 e. The third kappa shape index (κ3) is 7.08. The molecule has 0 amide bonds. The molecule has 14 heavy (non-hydrogen) atoms. The van der Waals surface area contributed by atoms with Crippen LogP contribution in [0.15, 0.2) is 5.10 Å². The number of nitrogens with zero attached hydrogens (tertiary/aromatic N) is 1. The molecule has 0 unspecified atom stereocenters. The van der Waals surface area contributed by atoms with E-state index in [-0.39, 0.29) is 11.9 Å². The zero-order valence-electron chi connectivity index (χ0n) is 8.54. The molecule has 0 atom stereocenters. The van der Waals surface area contributed by atoms with Crippen LogP contribution in [-0.2, 0) is 9.53 Å². The van der Waals surface area contributed by atoms with Gasteiger partial charge in [0.15, 0.2) is 0 Å². The fourth-order valence-corrected chi connectivity index (χ4v) is 0.732. The highest BCUT2D eigenvalue weighted by Gasteiger charge is 2.02. The average Bonchev–Trinajstić information content (AvgIpc) is 2.12. The molecule has 0 aliphatic carbocycles. The summed E-state index contributed by atoms with van der Waals surface area (Å²) in [6, 6.07) is 0. The smallest absolute Gasteiger partial charge is 0.362 e. The Labute approximate surface area is 83.0 Å². The van der Waals surface area contributed by atoms with Crippen LogP contribution in [0.2, 0.25) is 0 Å². The van der Waals surface area contributed by atoms with Gasteiger partial charge in [0.1, 0.15) is 0 Å². The van der Waals surface area contributed by atoms with Crippen molar-refractivity contribution in [2.45, 2.75) is 26.7 Å². The summed E-state index contributed by atoms with van der Waals surface area (Å²) in [5, 5.41) is 6.24. The van der Waals surface area contributed by atoms with Crippen molar-refractivity contribution in [3.8, 4) is 0 Å². The van der Waals surface area contributed by atoms with Crippen LogP contribution in [0, 0.1) is 0 Å². The number of nitrogens with one attached hydrogen (secondary N) is 1. The van der Waals surface area contributed by atoms with E-state index in [0.717, 1.165) is 5.71 Å². The van der Waals surface area contributed by atoms with Crippen LogP contribution in [0.25, 0.3) is 0 Å². The van der Waals surface area contributed by atoms with E-state index in [4.69, 9.17) is 16.2 Å². The molecule has 6 heteroatoms. The molecule has 0 fully saturated rings. The quantitative estimate of drug-likeness (QED) is 0.208. The van der Waals surface area contributed by atoms with Crippen LogP contribution < -0.4 is 16.6 Å². The van der Waals surface area contributed by atoms with Crippen molar-refractivity contribution < 1.29 is 14.6 Å². The summed E-state index contributed by atoms with van der Waals surface area (Å²) in [5.74, 6) is -0.202. The summed E-state index contributed by atoms with van der Waals surface area (Å²) in [4.78, 5) is 10.9. The summed E-state index contributed by atoms with van der Waals surface area (Å²) in [5.41, 5.74) is 11.0. The maximum Gasteiger partial charge on any atom is 0.362 e. The van der Waals surface area contributed by atoms with E-state index in [0.29, 0.717) is 19.4 Å². The molecule has 5 N–H and O–H groups in total. The number of esters is 1. The van der Waals surface area contributed by atoms with E-state index in [2.05, 4.69) is 10.2 Å². The Morgan fingerprint density at radius 3 is 2.57 bits per heavy atom. The van der Waals surface area contributed by atoms with Gasteiger partial charge in [-0.2, -0.15) is 5.10 Å². The molecule has 0 aliphatic rings. The summed E-state index contributed by atoms with van der Waals surface area (Å²) in [7, 11) is 0. The molecule has 0 heterocycles. The van der Waals surface area contributed by atoms with Gasteiger partial charge < -0.3 is 4.74 Å². The molecular weight excluding hydrogens is 184 g/mol. The molecule has 80 valence electrons. The molecule has 6 nitrogen and oxygen atoms in total. The number of carbonyl (C=O) groups excluding carboxylic acids is 1. The number of nitrogens with two attached hydrogens (primary N) is 2. The van der Waals surface area contributed by atoms with Gasteiger partial charge in [0.05, 0.1) is 18.7 Å². The van der Waals surface area contributed by atoms with E-state index in [9.17, 15) is 4.79 Å². The standard InChI is InChI=1S/C8H16N4O2/c1-3-14-7(13)5-4-6(2)11-12-8(9)10/h3-5H2,1-2H3,(H4,9,10,12)/p+1. The van der Waals surface area contributed by atoms with Crippen molar-refractivity contribution in [1.82, 2.24) is 0 Å². The average molecular weight is 201 g/mol. The fourth-order valence-electron chi connectivity index (χ4n) is 0.732. The van der Waals surface area contributed by atoms with Crippen LogP contribution in [0.3, 0.4) is 0 Å². The lowest BCUT2D eigenvalue weighted by molar-refractivity contribution is -0.464. The first-order chi connectivity index (χ1) is 6.56. The van der Waals surface area contributed by atoms with Crippen molar-refractivity contribution >= 4 is 17.6 Å². The second-order valence-corrected chi connectivity index (χ2v) is 2.72. The molecule has 0 aromatic rings. The van der Waals surface area contributed by atoms with Crippen LogP contribution in [0.4, 0.5) is 0 Å². The lowest BCUT2D eigenvalue weighted by Crippen LogP contribution is -2.72. The summed E-state index contributed by atoms with van der Waals surface area (Å²) in [6.07, 6.45) is 0.842. The normalized spacial score (nSPS) is 10.9. The minimum atomic E-state index is -0.230. The van der Waals surface area contributed by atoms with Gasteiger partial charge in [-0.3, -0.25) is 16.3 Å². The van der Waals surface area contributed by atoms with E-state index in [1.54, 1.807) is 13.8 Å². The summed E-state index contributed by atoms with van der Waals surface area (Å²) in [6.45, 7) is 3.94. The van der Waals surface area contributed by atoms with Crippen molar-refractivity contribution in [3.05, 3.63) is 0 Å². The molecular formula is C8H17N4O2+. The minimum absolute atomic E-state index is 0.0282. The van der Waals surface area contributed by atoms with Crippen molar-refractivity contribution in [2.75, 3.05) is 6.61 Å². The predicted molar refractivity (Wildman–Crippen MR) is 53.3 cm³/mol. The second kappa shape index (κ2) is 6.88.